The highest BCUT2D eigenvalue weighted by Crippen LogP contribution is 2.29. The van der Waals surface area contributed by atoms with Gasteiger partial charge in [-0.15, -0.1) is 0 Å². The first-order valence-corrected chi connectivity index (χ1v) is 6.63. The topological polar surface area (TPSA) is 58.4 Å². The standard InChI is InChI=1S/C14H21F2N3O/c1-4-19(5-2)14(20)9(3)18-12-7-6-10(17)8-11(12)13(15)16/h6-9,13,18H,4-5,17H2,1-3H3. The Morgan fingerprint density at radius 3 is 2.45 bits per heavy atom. The minimum Gasteiger partial charge on any atom is -0.399 e. The van der Waals surface area contributed by atoms with E-state index in [-0.39, 0.29) is 22.8 Å². The number of carbonyl (C=O) groups excluding carboxylic acids is 1. The molecule has 0 heterocycles. The van der Waals surface area contributed by atoms with Gasteiger partial charge in [0.2, 0.25) is 5.91 Å². The number of nitrogens with two attached hydrogens (primary N) is 1. The fraction of sp³-hybridized carbons (Fsp3) is 0.500. The number of halogens is 2. The number of rotatable bonds is 6. The third-order valence-corrected chi connectivity index (χ3v) is 3.13. The fourth-order valence-corrected chi connectivity index (χ4v) is 2.00. The second-order valence-electron chi connectivity index (χ2n) is 4.52. The van der Waals surface area contributed by atoms with Crippen molar-refractivity contribution in [2.24, 2.45) is 0 Å². The van der Waals surface area contributed by atoms with Gasteiger partial charge in [0.15, 0.2) is 0 Å². The van der Waals surface area contributed by atoms with E-state index in [1.807, 2.05) is 13.8 Å². The molecule has 0 aromatic heterocycles. The van der Waals surface area contributed by atoms with Crippen LogP contribution in [0.25, 0.3) is 0 Å². The first-order valence-electron chi connectivity index (χ1n) is 6.63. The van der Waals surface area contributed by atoms with E-state index in [4.69, 9.17) is 5.73 Å². The highest BCUT2D eigenvalue weighted by Gasteiger charge is 2.21. The molecule has 3 N–H and O–H groups in total. The van der Waals surface area contributed by atoms with Crippen molar-refractivity contribution in [1.82, 2.24) is 4.90 Å². The minimum atomic E-state index is -2.64. The van der Waals surface area contributed by atoms with E-state index in [2.05, 4.69) is 5.32 Å². The molecular formula is C14H21F2N3O. The summed E-state index contributed by atoms with van der Waals surface area (Å²) in [6.45, 7) is 6.59. The molecule has 0 aliphatic carbocycles. The van der Waals surface area contributed by atoms with Crippen LogP contribution in [0, 0.1) is 0 Å². The van der Waals surface area contributed by atoms with E-state index in [0.717, 1.165) is 0 Å². The van der Waals surface area contributed by atoms with Gasteiger partial charge in [0.25, 0.3) is 6.43 Å². The van der Waals surface area contributed by atoms with E-state index in [9.17, 15) is 13.6 Å². The summed E-state index contributed by atoms with van der Waals surface area (Å²) < 4.78 is 25.9. The molecule has 1 amide bonds. The van der Waals surface area contributed by atoms with Gasteiger partial charge >= 0.3 is 0 Å². The Balaban J connectivity index is 2.90. The van der Waals surface area contributed by atoms with Gasteiger partial charge in [-0.25, -0.2) is 8.78 Å². The van der Waals surface area contributed by atoms with Crippen molar-refractivity contribution in [2.45, 2.75) is 33.2 Å². The summed E-state index contributed by atoms with van der Waals surface area (Å²) in [6, 6.07) is 3.66. The van der Waals surface area contributed by atoms with Gasteiger partial charge in [-0.2, -0.15) is 0 Å². The van der Waals surface area contributed by atoms with Crippen molar-refractivity contribution < 1.29 is 13.6 Å². The van der Waals surface area contributed by atoms with Crippen molar-refractivity contribution in [3.63, 3.8) is 0 Å². The molecule has 1 atom stereocenters. The van der Waals surface area contributed by atoms with Crippen molar-refractivity contribution in [3.8, 4) is 0 Å². The lowest BCUT2D eigenvalue weighted by molar-refractivity contribution is -0.131. The first-order chi connectivity index (χ1) is 9.40. The number of hydrogen-bond donors (Lipinski definition) is 2. The van der Waals surface area contributed by atoms with Crippen LogP contribution in [-0.4, -0.2) is 29.9 Å². The Kier molecular flexibility index (Phi) is 5.73. The lowest BCUT2D eigenvalue weighted by Gasteiger charge is -2.25. The van der Waals surface area contributed by atoms with Crippen LogP contribution < -0.4 is 11.1 Å². The quantitative estimate of drug-likeness (QED) is 0.790. The molecule has 0 radical (unpaired) electrons. The summed E-state index contributed by atoms with van der Waals surface area (Å²) in [7, 11) is 0. The lowest BCUT2D eigenvalue weighted by atomic mass is 10.1. The highest BCUT2D eigenvalue weighted by molar-refractivity contribution is 5.84. The number of likely N-dealkylation sites (N-methyl/N-ethyl adjacent to an activating group) is 1. The number of carbonyl (C=O) groups is 1. The third kappa shape index (κ3) is 3.82. The molecule has 0 fully saturated rings. The normalized spacial score (nSPS) is 12.3. The maximum absolute atomic E-state index is 13.0. The van der Waals surface area contributed by atoms with Crippen LogP contribution >= 0.6 is 0 Å². The predicted octanol–water partition coefficient (Wildman–Crippen LogP) is 2.88. The molecule has 0 bridgehead atoms. The number of hydrogen-bond acceptors (Lipinski definition) is 3. The van der Waals surface area contributed by atoms with Crippen LogP contribution in [0.5, 0.6) is 0 Å². The molecule has 1 unspecified atom stereocenters. The maximum Gasteiger partial charge on any atom is 0.265 e. The SMILES string of the molecule is CCN(CC)C(=O)C(C)Nc1ccc(N)cc1C(F)F. The van der Waals surface area contributed by atoms with E-state index >= 15 is 0 Å². The number of nitrogens with zero attached hydrogens (tertiary/aromatic N) is 1. The van der Waals surface area contributed by atoms with Crippen LogP contribution in [-0.2, 0) is 4.79 Å². The number of amides is 1. The van der Waals surface area contributed by atoms with Crippen LogP contribution in [0.4, 0.5) is 20.2 Å². The Morgan fingerprint density at radius 1 is 1.35 bits per heavy atom. The summed E-state index contributed by atoms with van der Waals surface area (Å²) in [5.41, 5.74) is 5.83. The molecule has 0 saturated heterocycles. The Labute approximate surface area is 117 Å². The van der Waals surface area contributed by atoms with Gasteiger partial charge in [-0.3, -0.25) is 4.79 Å². The fourth-order valence-electron chi connectivity index (χ4n) is 2.00. The Bertz CT molecular complexity index is 462. The highest BCUT2D eigenvalue weighted by atomic mass is 19.3. The number of benzene rings is 1. The van der Waals surface area contributed by atoms with Gasteiger partial charge in [0.1, 0.15) is 6.04 Å². The Morgan fingerprint density at radius 2 is 1.95 bits per heavy atom. The van der Waals surface area contributed by atoms with Gasteiger partial charge in [-0.1, -0.05) is 0 Å². The van der Waals surface area contributed by atoms with Crippen LogP contribution in [0.1, 0.15) is 32.8 Å². The number of nitrogen functional groups attached to an aromatic ring is 1. The number of anilines is 2. The zero-order valence-electron chi connectivity index (χ0n) is 12.0. The van der Waals surface area contributed by atoms with Crippen LogP contribution in [0.2, 0.25) is 0 Å². The van der Waals surface area contributed by atoms with Crippen molar-refractivity contribution in [2.75, 3.05) is 24.1 Å². The van der Waals surface area contributed by atoms with Gasteiger partial charge in [-0.05, 0) is 39.0 Å². The maximum atomic E-state index is 13.0. The molecule has 112 valence electrons. The molecule has 1 aromatic carbocycles. The summed E-state index contributed by atoms with van der Waals surface area (Å²) in [5, 5.41) is 2.84. The molecule has 6 heteroatoms. The predicted molar refractivity (Wildman–Crippen MR) is 76.8 cm³/mol. The average molecular weight is 285 g/mol. The molecule has 20 heavy (non-hydrogen) atoms. The van der Waals surface area contributed by atoms with E-state index in [1.54, 1.807) is 11.8 Å². The number of alkyl halides is 2. The summed E-state index contributed by atoms with van der Waals surface area (Å²) in [6.07, 6.45) is -2.64. The molecule has 0 aliphatic heterocycles. The smallest absolute Gasteiger partial charge is 0.265 e. The van der Waals surface area contributed by atoms with Crippen molar-refractivity contribution >= 4 is 17.3 Å². The average Bonchev–Trinajstić information content (AvgIpc) is 2.41. The molecule has 0 saturated carbocycles. The number of nitrogens with one attached hydrogen (secondary N) is 1. The molecule has 1 rings (SSSR count). The minimum absolute atomic E-state index is 0.118. The largest absolute Gasteiger partial charge is 0.399 e. The monoisotopic (exact) mass is 285 g/mol. The first kappa shape index (κ1) is 16.2. The van der Waals surface area contributed by atoms with Crippen molar-refractivity contribution in [3.05, 3.63) is 23.8 Å². The molecule has 1 aromatic rings. The zero-order chi connectivity index (χ0) is 15.3. The zero-order valence-corrected chi connectivity index (χ0v) is 12.0. The molecule has 0 spiro atoms. The van der Waals surface area contributed by atoms with Gasteiger partial charge in [0, 0.05) is 30.0 Å². The summed E-state index contributed by atoms with van der Waals surface area (Å²) in [4.78, 5) is 13.8. The molecular weight excluding hydrogens is 264 g/mol. The molecule has 0 aliphatic rings. The van der Waals surface area contributed by atoms with E-state index < -0.39 is 12.5 Å². The van der Waals surface area contributed by atoms with Crippen LogP contribution in [0.15, 0.2) is 18.2 Å². The summed E-state index contributed by atoms with van der Waals surface area (Å²) in [5.74, 6) is -0.118. The van der Waals surface area contributed by atoms with Crippen molar-refractivity contribution in [1.29, 1.82) is 0 Å². The summed E-state index contributed by atoms with van der Waals surface area (Å²) >= 11 is 0. The second-order valence-corrected chi connectivity index (χ2v) is 4.52. The van der Waals surface area contributed by atoms with Gasteiger partial charge in [0.05, 0.1) is 0 Å². The van der Waals surface area contributed by atoms with E-state index in [0.29, 0.717) is 13.1 Å². The van der Waals surface area contributed by atoms with Crippen LogP contribution in [0.3, 0.4) is 0 Å². The van der Waals surface area contributed by atoms with Gasteiger partial charge < -0.3 is 16.0 Å². The van der Waals surface area contributed by atoms with E-state index in [1.165, 1.54) is 18.2 Å². The Hall–Kier alpha value is -1.85. The lowest BCUT2D eigenvalue weighted by Crippen LogP contribution is -2.41. The molecule has 4 nitrogen and oxygen atoms in total. The second kappa shape index (κ2) is 7.07. The third-order valence-electron chi connectivity index (χ3n) is 3.13.